The van der Waals surface area contributed by atoms with Gasteiger partial charge in [-0.05, 0) is 0 Å². The van der Waals surface area contributed by atoms with E-state index in [0.29, 0.717) is 0 Å². The maximum atomic E-state index is 11.3. The van der Waals surface area contributed by atoms with Crippen molar-refractivity contribution in [1.29, 1.82) is 0 Å². The number of nitrogens with two attached hydrogens (primary N) is 1. The van der Waals surface area contributed by atoms with Crippen LogP contribution in [0.3, 0.4) is 0 Å². The first-order valence-electron chi connectivity index (χ1n) is 4.74. The van der Waals surface area contributed by atoms with Crippen molar-refractivity contribution in [1.82, 2.24) is 15.5 Å². The van der Waals surface area contributed by atoms with Crippen LogP contribution in [0.2, 0.25) is 0 Å². The Morgan fingerprint density at radius 3 is 2.15 bits per heavy atom. The van der Waals surface area contributed by atoms with E-state index in [1.165, 1.54) is 0 Å². The topological polar surface area (TPSA) is 70.4 Å². The average Bonchev–Trinajstić information content (AvgIpc) is 2.29. The van der Waals surface area contributed by atoms with E-state index in [1.54, 1.807) is 4.90 Å². The fourth-order valence-corrected chi connectivity index (χ4v) is 1.35. The standard InChI is InChI=1S/C8H18N4O/c9-7-8(13)12-5-3-10-1-2-11-4-6-12/h10-11H,1-7,9H2. The molecule has 4 N–H and O–H groups in total. The molecule has 0 unspecified atom stereocenters. The molecule has 0 aromatic rings. The van der Waals surface area contributed by atoms with Crippen molar-refractivity contribution in [2.45, 2.75) is 0 Å². The average molecular weight is 186 g/mol. The van der Waals surface area contributed by atoms with Crippen molar-refractivity contribution in [3.8, 4) is 0 Å². The van der Waals surface area contributed by atoms with E-state index in [9.17, 15) is 4.79 Å². The third-order valence-electron chi connectivity index (χ3n) is 2.12. The summed E-state index contributed by atoms with van der Waals surface area (Å²) in [5.41, 5.74) is 5.30. The zero-order valence-electron chi connectivity index (χ0n) is 7.88. The third kappa shape index (κ3) is 3.71. The lowest BCUT2D eigenvalue weighted by molar-refractivity contribution is -0.129. The van der Waals surface area contributed by atoms with Crippen LogP contribution >= 0.6 is 0 Å². The molecule has 1 aliphatic heterocycles. The summed E-state index contributed by atoms with van der Waals surface area (Å²) < 4.78 is 0. The van der Waals surface area contributed by atoms with Crippen LogP contribution in [0.1, 0.15) is 0 Å². The van der Waals surface area contributed by atoms with E-state index in [-0.39, 0.29) is 12.5 Å². The molecule has 5 nitrogen and oxygen atoms in total. The van der Waals surface area contributed by atoms with Crippen molar-refractivity contribution in [3.63, 3.8) is 0 Å². The van der Waals surface area contributed by atoms with E-state index in [1.807, 2.05) is 0 Å². The van der Waals surface area contributed by atoms with Gasteiger partial charge in [-0.25, -0.2) is 0 Å². The van der Waals surface area contributed by atoms with E-state index >= 15 is 0 Å². The first kappa shape index (κ1) is 10.4. The summed E-state index contributed by atoms with van der Waals surface area (Å²) >= 11 is 0. The van der Waals surface area contributed by atoms with Gasteiger partial charge in [0.2, 0.25) is 5.91 Å². The SMILES string of the molecule is NCC(=O)N1CCNCCNCC1. The Kier molecular flexibility index (Phi) is 4.74. The molecule has 0 aromatic carbocycles. The van der Waals surface area contributed by atoms with Gasteiger partial charge in [0.05, 0.1) is 6.54 Å². The molecule has 0 atom stereocenters. The maximum absolute atomic E-state index is 11.3. The zero-order valence-corrected chi connectivity index (χ0v) is 7.88. The number of hydrogen-bond donors (Lipinski definition) is 3. The molecule has 0 saturated carbocycles. The van der Waals surface area contributed by atoms with Crippen molar-refractivity contribution in [2.75, 3.05) is 45.8 Å². The highest BCUT2D eigenvalue weighted by Gasteiger charge is 2.11. The lowest BCUT2D eigenvalue weighted by atomic mass is 10.4. The minimum Gasteiger partial charge on any atom is -0.339 e. The Morgan fingerprint density at radius 2 is 1.69 bits per heavy atom. The van der Waals surface area contributed by atoms with E-state index in [2.05, 4.69) is 10.6 Å². The fraction of sp³-hybridized carbons (Fsp3) is 0.875. The Morgan fingerprint density at radius 1 is 1.15 bits per heavy atom. The molecule has 1 amide bonds. The molecular weight excluding hydrogens is 168 g/mol. The van der Waals surface area contributed by atoms with E-state index in [0.717, 1.165) is 39.3 Å². The Hall–Kier alpha value is -0.650. The van der Waals surface area contributed by atoms with Crippen LogP contribution in [0.4, 0.5) is 0 Å². The molecule has 1 rings (SSSR count). The van der Waals surface area contributed by atoms with Gasteiger partial charge in [0.25, 0.3) is 0 Å². The van der Waals surface area contributed by atoms with Crippen LogP contribution in [0.15, 0.2) is 0 Å². The molecule has 0 spiro atoms. The Balaban J connectivity index is 2.36. The van der Waals surface area contributed by atoms with Crippen molar-refractivity contribution < 1.29 is 4.79 Å². The molecule has 1 aliphatic rings. The minimum absolute atomic E-state index is 0.0329. The summed E-state index contributed by atoms with van der Waals surface area (Å²) in [4.78, 5) is 13.1. The van der Waals surface area contributed by atoms with Gasteiger partial charge in [-0.15, -0.1) is 0 Å². The molecule has 76 valence electrons. The summed E-state index contributed by atoms with van der Waals surface area (Å²) in [5, 5.41) is 6.48. The predicted molar refractivity (Wildman–Crippen MR) is 51.4 cm³/mol. The summed E-state index contributed by atoms with van der Waals surface area (Å²) in [6.07, 6.45) is 0. The van der Waals surface area contributed by atoms with Crippen LogP contribution in [-0.2, 0) is 4.79 Å². The highest BCUT2D eigenvalue weighted by molar-refractivity contribution is 5.78. The molecular formula is C8H18N4O. The largest absolute Gasteiger partial charge is 0.339 e. The molecule has 13 heavy (non-hydrogen) atoms. The van der Waals surface area contributed by atoms with Gasteiger partial charge >= 0.3 is 0 Å². The minimum atomic E-state index is 0.0329. The molecule has 1 fully saturated rings. The van der Waals surface area contributed by atoms with Gasteiger partial charge in [-0.2, -0.15) is 0 Å². The Bertz CT molecular complexity index is 152. The summed E-state index contributed by atoms with van der Waals surface area (Å²) in [7, 11) is 0. The first-order valence-corrected chi connectivity index (χ1v) is 4.74. The number of carbonyl (C=O) groups excluding carboxylic acids is 1. The van der Waals surface area contributed by atoms with Gasteiger partial charge in [-0.1, -0.05) is 0 Å². The summed E-state index contributed by atoms with van der Waals surface area (Å²) in [5.74, 6) is 0.0329. The zero-order chi connectivity index (χ0) is 9.52. The van der Waals surface area contributed by atoms with Crippen molar-refractivity contribution >= 4 is 5.91 Å². The summed E-state index contributed by atoms with van der Waals surface area (Å²) in [6, 6.07) is 0. The van der Waals surface area contributed by atoms with E-state index < -0.39 is 0 Å². The van der Waals surface area contributed by atoms with Gasteiger partial charge in [0, 0.05) is 39.3 Å². The number of rotatable bonds is 1. The number of nitrogens with zero attached hydrogens (tertiary/aromatic N) is 1. The second kappa shape index (κ2) is 5.90. The van der Waals surface area contributed by atoms with Gasteiger partial charge in [0.15, 0.2) is 0 Å². The van der Waals surface area contributed by atoms with Gasteiger partial charge in [-0.3, -0.25) is 4.79 Å². The highest BCUT2D eigenvalue weighted by Crippen LogP contribution is 1.88. The van der Waals surface area contributed by atoms with Crippen LogP contribution in [0.25, 0.3) is 0 Å². The predicted octanol–water partition coefficient (Wildman–Crippen LogP) is -2.03. The van der Waals surface area contributed by atoms with Crippen LogP contribution in [0.5, 0.6) is 0 Å². The molecule has 0 aliphatic carbocycles. The first-order chi connectivity index (χ1) is 6.34. The van der Waals surface area contributed by atoms with E-state index in [4.69, 9.17) is 5.73 Å². The molecule has 0 radical (unpaired) electrons. The normalized spacial score (nSPS) is 20.2. The fourth-order valence-electron chi connectivity index (χ4n) is 1.35. The number of nitrogens with one attached hydrogen (secondary N) is 2. The van der Waals surface area contributed by atoms with Crippen LogP contribution in [-0.4, -0.2) is 56.6 Å². The molecule has 0 aromatic heterocycles. The lowest BCUT2D eigenvalue weighted by Crippen LogP contribution is -2.41. The molecule has 1 saturated heterocycles. The second-order valence-electron chi connectivity index (χ2n) is 3.08. The Labute approximate surface area is 78.6 Å². The van der Waals surface area contributed by atoms with Gasteiger partial charge < -0.3 is 21.3 Å². The van der Waals surface area contributed by atoms with Crippen molar-refractivity contribution in [2.24, 2.45) is 5.73 Å². The smallest absolute Gasteiger partial charge is 0.236 e. The monoisotopic (exact) mass is 186 g/mol. The van der Waals surface area contributed by atoms with Crippen LogP contribution in [0, 0.1) is 0 Å². The quantitative estimate of drug-likeness (QED) is 0.441. The summed E-state index contributed by atoms with van der Waals surface area (Å²) in [6.45, 7) is 5.27. The molecule has 0 bridgehead atoms. The second-order valence-corrected chi connectivity index (χ2v) is 3.08. The highest BCUT2D eigenvalue weighted by atomic mass is 16.2. The molecule has 5 heteroatoms. The van der Waals surface area contributed by atoms with Crippen molar-refractivity contribution in [3.05, 3.63) is 0 Å². The molecule has 1 heterocycles. The number of hydrogen-bond acceptors (Lipinski definition) is 4. The van der Waals surface area contributed by atoms with Crippen LogP contribution < -0.4 is 16.4 Å². The number of amides is 1. The van der Waals surface area contributed by atoms with Gasteiger partial charge in [0.1, 0.15) is 0 Å². The maximum Gasteiger partial charge on any atom is 0.236 e. The lowest BCUT2D eigenvalue weighted by Gasteiger charge is -2.20. The number of carbonyl (C=O) groups is 1. The third-order valence-corrected chi connectivity index (χ3v) is 2.12.